The maximum absolute atomic E-state index is 12.2. The Bertz CT molecular complexity index is 825. The molecule has 0 radical (unpaired) electrons. The molecular weight excluding hydrogens is 336 g/mol. The van der Waals surface area contributed by atoms with E-state index in [1.807, 2.05) is 0 Å². The van der Waals surface area contributed by atoms with Gasteiger partial charge in [0, 0.05) is 4.88 Å². The van der Waals surface area contributed by atoms with E-state index in [0.717, 1.165) is 29.7 Å². The zero-order valence-electron chi connectivity index (χ0n) is 12.8. The van der Waals surface area contributed by atoms with Crippen LogP contribution in [0.15, 0.2) is 12.3 Å². The van der Waals surface area contributed by atoms with Crippen molar-refractivity contribution in [2.45, 2.75) is 25.8 Å². The lowest BCUT2D eigenvalue weighted by atomic mass is 10.1. The fourth-order valence-corrected chi connectivity index (χ4v) is 3.95. The zero-order valence-corrected chi connectivity index (χ0v) is 13.6. The summed E-state index contributed by atoms with van der Waals surface area (Å²) < 4.78 is 5.99. The van der Waals surface area contributed by atoms with Crippen LogP contribution in [0.5, 0.6) is 0 Å². The van der Waals surface area contributed by atoms with E-state index in [1.165, 1.54) is 35.4 Å². The van der Waals surface area contributed by atoms with Gasteiger partial charge in [0.25, 0.3) is 0 Å². The smallest absolute Gasteiger partial charge is 0.389 e. The molecule has 2 aromatic rings. The number of carbonyl (C=O) groups is 2. The van der Waals surface area contributed by atoms with Gasteiger partial charge in [0.2, 0.25) is 5.91 Å². The number of nitro groups is 1. The van der Waals surface area contributed by atoms with E-state index in [2.05, 4.69) is 10.4 Å². The van der Waals surface area contributed by atoms with Gasteiger partial charge >= 0.3 is 11.8 Å². The molecule has 0 atom stereocenters. The number of nitrogens with zero attached hydrogens (tertiary/aromatic N) is 3. The van der Waals surface area contributed by atoms with Gasteiger partial charge in [-0.2, -0.15) is 4.68 Å². The molecule has 1 N–H and O–H groups in total. The Hall–Kier alpha value is -2.75. The van der Waals surface area contributed by atoms with E-state index in [1.54, 1.807) is 0 Å². The number of amides is 1. The number of hydrogen-bond acceptors (Lipinski definition) is 7. The normalized spacial score (nSPS) is 12.7. The van der Waals surface area contributed by atoms with Crippen LogP contribution < -0.4 is 5.32 Å². The van der Waals surface area contributed by atoms with Crippen LogP contribution in [0.4, 0.5) is 10.8 Å². The van der Waals surface area contributed by atoms with E-state index in [0.29, 0.717) is 10.6 Å². The Morgan fingerprint density at radius 1 is 1.50 bits per heavy atom. The first-order valence-electron chi connectivity index (χ1n) is 7.20. The predicted octanol–water partition coefficient (Wildman–Crippen LogP) is 1.77. The number of methoxy groups -OCH3 is 1. The molecule has 0 unspecified atom stereocenters. The molecule has 1 aliphatic carbocycles. The third-order valence-corrected chi connectivity index (χ3v) is 4.89. The van der Waals surface area contributed by atoms with Gasteiger partial charge in [-0.1, -0.05) is 0 Å². The molecule has 0 bridgehead atoms. The Labute approximate surface area is 140 Å². The van der Waals surface area contributed by atoms with Crippen LogP contribution in [0.2, 0.25) is 0 Å². The minimum Gasteiger partial charge on any atom is -0.465 e. The van der Waals surface area contributed by atoms with E-state index >= 15 is 0 Å². The first-order valence-corrected chi connectivity index (χ1v) is 8.01. The highest BCUT2D eigenvalue weighted by molar-refractivity contribution is 7.17. The van der Waals surface area contributed by atoms with Crippen LogP contribution in [0.25, 0.3) is 0 Å². The molecule has 24 heavy (non-hydrogen) atoms. The number of aryl methyl sites for hydroxylation is 1. The van der Waals surface area contributed by atoms with Crippen LogP contribution in [0.3, 0.4) is 0 Å². The Balaban J connectivity index is 1.77. The largest absolute Gasteiger partial charge is 0.465 e. The number of hydrogen-bond donors (Lipinski definition) is 1. The Morgan fingerprint density at radius 3 is 2.96 bits per heavy atom. The van der Waals surface area contributed by atoms with Gasteiger partial charge in [-0.05, 0) is 29.7 Å². The number of carbonyl (C=O) groups excluding carboxylic acids is 2. The molecule has 2 aromatic heterocycles. The summed E-state index contributed by atoms with van der Waals surface area (Å²) in [7, 11) is 1.30. The maximum Gasteiger partial charge on any atom is 0.389 e. The third-order valence-electron chi connectivity index (χ3n) is 3.68. The first-order chi connectivity index (χ1) is 11.5. The molecule has 0 aliphatic heterocycles. The van der Waals surface area contributed by atoms with E-state index in [4.69, 9.17) is 4.74 Å². The van der Waals surface area contributed by atoms with E-state index in [9.17, 15) is 19.7 Å². The summed E-state index contributed by atoms with van der Waals surface area (Å²) in [5, 5.41) is 17.4. The maximum atomic E-state index is 12.2. The highest BCUT2D eigenvalue weighted by atomic mass is 32.1. The molecule has 0 saturated heterocycles. The summed E-state index contributed by atoms with van der Waals surface area (Å²) in [6.07, 6.45) is 4.01. The van der Waals surface area contributed by atoms with Crippen molar-refractivity contribution in [3.63, 3.8) is 0 Å². The van der Waals surface area contributed by atoms with Crippen molar-refractivity contribution >= 4 is 34.0 Å². The van der Waals surface area contributed by atoms with Gasteiger partial charge in [-0.15, -0.1) is 11.3 Å². The van der Waals surface area contributed by atoms with Gasteiger partial charge in [-0.3, -0.25) is 4.79 Å². The van der Waals surface area contributed by atoms with Crippen LogP contribution >= 0.6 is 11.3 Å². The second-order valence-electron chi connectivity index (χ2n) is 5.23. The molecule has 1 amide bonds. The molecular formula is C14H14N4O5S. The van der Waals surface area contributed by atoms with Crippen molar-refractivity contribution in [3.05, 3.63) is 38.4 Å². The molecule has 0 saturated carbocycles. The number of anilines is 1. The molecule has 9 nitrogen and oxygen atoms in total. The molecule has 2 heterocycles. The van der Waals surface area contributed by atoms with E-state index < -0.39 is 16.8 Å². The number of nitrogens with one attached hydrogen (secondary N) is 1. The van der Waals surface area contributed by atoms with Gasteiger partial charge < -0.3 is 20.2 Å². The molecule has 3 rings (SSSR count). The van der Waals surface area contributed by atoms with Gasteiger partial charge in [0.15, 0.2) is 0 Å². The summed E-state index contributed by atoms with van der Waals surface area (Å²) in [5.74, 6) is -1.22. The molecule has 126 valence electrons. The third kappa shape index (κ3) is 3.00. The fourth-order valence-electron chi connectivity index (χ4n) is 2.66. The van der Waals surface area contributed by atoms with Crippen LogP contribution in [0, 0.1) is 10.1 Å². The quantitative estimate of drug-likeness (QED) is 0.499. The van der Waals surface area contributed by atoms with Crippen molar-refractivity contribution in [1.29, 1.82) is 0 Å². The number of fused-ring (bicyclic) bond motifs is 1. The average Bonchev–Trinajstić information content (AvgIpc) is 3.22. The van der Waals surface area contributed by atoms with Crippen LogP contribution in [0.1, 0.15) is 27.2 Å². The van der Waals surface area contributed by atoms with E-state index in [-0.39, 0.29) is 12.4 Å². The number of aromatic nitrogens is 2. The highest BCUT2D eigenvalue weighted by Gasteiger charge is 2.28. The molecule has 0 spiro atoms. The second kappa shape index (κ2) is 6.40. The lowest BCUT2D eigenvalue weighted by Gasteiger charge is -2.06. The van der Waals surface area contributed by atoms with Crippen LogP contribution in [-0.4, -0.2) is 33.7 Å². The van der Waals surface area contributed by atoms with Gasteiger partial charge in [-0.25, -0.2) is 4.79 Å². The Morgan fingerprint density at radius 2 is 2.29 bits per heavy atom. The summed E-state index contributed by atoms with van der Waals surface area (Å²) in [5.41, 5.74) is 1.35. The molecule has 1 aliphatic rings. The highest BCUT2D eigenvalue weighted by Crippen LogP contribution is 2.39. The first kappa shape index (κ1) is 16.1. The summed E-state index contributed by atoms with van der Waals surface area (Å²) in [6.45, 7) is -0.184. The summed E-state index contributed by atoms with van der Waals surface area (Å²) in [4.78, 5) is 35.2. The number of rotatable bonds is 5. The predicted molar refractivity (Wildman–Crippen MR) is 85.2 cm³/mol. The van der Waals surface area contributed by atoms with Crippen LogP contribution in [-0.2, 0) is 28.9 Å². The lowest BCUT2D eigenvalue weighted by Crippen LogP contribution is -2.20. The second-order valence-corrected chi connectivity index (χ2v) is 6.34. The Kier molecular flexibility index (Phi) is 4.30. The number of thiophene rings is 1. The van der Waals surface area contributed by atoms with Crippen molar-refractivity contribution in [1.82, 2.24) is 9.78 Å². The standard InChI is InChI=1S/C14H14N4O5S/c1-23-14(20)12-8-3-2-4-9(8)24-13(12)15-11(19)7-17-6-5-10(16-17)18(21)22/h5-6H,2-4,7H2,1H3,(H,15,19). The van der Waals surface area contributed by atoms with Crippen molar-refractivity contribution in [2.75, 3.05) is 12.4 Å². The number of esters is 1. The summed E-state index contributed by atoms with van der Waals surface area (Å²) in [6, 6.07) is 1.22. The van der Waals surface area contributed by atoms with Crippen molar-refractivity contribution in [2.24, 2.45) is 0 Å². The molecule has 0 aromatic carbocycles. The number of ether oxygens (including phenoxy) is 1. The zero-order chi connectivity index (χ0) is 17.3. The molecule has 0 fully saturated rings. The topological polar surface area (TPSA) is 116 Å². The molecule has 10 heteroatoms. The van der Waals surface area contributed by atoms with Crippen molar-refractivity contribution < 1.29 is 19.2 Å². The fraction of sp³-hybridized carbons (Fsp3) is 0.357. The average molecular weight is 350 g/mol. The minimum absolute atomic E-state index is 0.184. The monoisotopic (exact) mass is 350 g/mol. The van der Waals surface area contributed by atoms with Crippen molar-refractivity contribution in [3.8, 4) is 0 Å². The van der Waals surface area contributed by atoms with Gasteiger partial charge in [0.1, 0.15) is 11.5 Å². The SMILES string of the molecule is COC(=O)c1c(NC(=O)Cn2ccc([N+](=O)[O-])n2)sc2c1CCC2. The summed E-state index contributed by atoms with van der Waals surface area (Å²) >= 11 is 1.37. The minimum atomic E-state index is -0.631. The lowest BCUT2D eigenvalue weighted by molar-refractivity contribution is -0.389. The van der Waals surface area contributed by atoms with Gasteiger partial charge in [0.05, 0.1) is 30.0 Å².